The van der Waals surface area contributed by atoms with Gasteiger partial charge in [-0.3, -0.25) is 4.79 Å². The van der Waals surface area contributed by atoms with Crippen molar-refractivity contribution >= 4 is 5.91 Å². The Balaban J connectivity index is 1.65. The van der Waals surface area contributed by atoms with Crippen molar-refractivity contribution in [3.63, 3.8) is 0 Å². The molecule has 1 N–H and O–H groups in total. The van der Waals surface area contributed by atoms with Crippen molar-refractivity contribution in [1.82, 2.24) is 5.32 Å². The zero-order chi connectivity index (χ0) is 17.1. The van der Waals surface area contributed by atoms with Crippen molar-refractivity contribution in [3.05, 3.63) is 69.8 Å². The molecule has 2 aromatic rings. The molecule has 0 aromatic heterocycles. The Hall–Kier alpha value is -2.09. The highest BCUT2D eigenvalue weighted by Gasteiger charge is 2.14. The summed E-state index contributed by atoms with van der Waals surface area (Å²) in [4.78, 5) is 12.4. The molecule has 1 amide bonds. The van der Waals surface area contributed by atoms with Crippen LogP contribution in [0.4, 0.5) is 0 Å². The van der Waals surface area contributed by atoms with Crippen LogP contribution in [0.25, 0.3) is 0 Å². The second-order valence-electron chi connectivity index (χ2n) is 7.13. The normalized spacial score (nSPS) is 14.8. The zero-order valence-electron chi connectivity index (χ0n) is 15.0. The van der Waals surface area contributed by atoms with E-state index in [2.05, 4.69) is 62.5 Å². The number of carbonyl (C=O) groups excluding carboxylic acids is 1. The van der Waals surface area contributed by atoms with Crippen LogP contribution in [0.3, 0.4) is 0 Å². The molecule has 0 radical (unpaired) electrons. The van der Waals surface area contributed by atoms with E-state index in [0.29, 0.717) is 6.42 Å². The monoisotopic (exact) mass is 321 g/mol. The van der Waals surface area contributed by atoms with Crippen LogP contribution in [0.5, 0.6) is 0 Å². The number of amides is 1. The predicted molar refractivity (Wildman–Crippen MR) is 99.3 cm³/mol. The molecular weight excluding hydrogens is 294 g/mol. The van der Waals surface area contributed by atoms with Crippen LogP contribution in [-0.4, -0.2) is 5.91 Å². The summed E-state index contributed by atoms with van der Waals surface area (Å²) in [7, 11) is 0. The smallest absolute Gasteiger partial charge is 0.224 e. The minimum absolute atomic E-state index is 0.0514. The summed E-state index contributed by atoms with van der Waals surface area (Å²) in [6.07, 6.45) is 5.40. The van der Waals surface area contributed by atoms with Gasteiger partial charge in [0.25, 0.3) is 0 Å². The van der Waals surface area contributed by atoms with Gasteiger partial charge in [-0.15, -0.1) is 0 Å². The molecule has 2 nitrogen and oxygen atoms in total. The van der Waals surface area contributed by atoms with Crippen molar-refractivity contribution < 1.29 is 4.79 Å². The number of fused-ring (bicyclic) bond motifs is 1. The number of hydrogen-bond acceptors (Lipinski definition) is 1. The van der Waals surface area contributed by atoms with E-state index in [9.17, 15) is 4.79 Å². The third-order valence-electron chi connectivity index (χ3n) is 5.10. The minimum atomic E-state index is 0.0514. The van der Waals surface area contributed by atoms with Gasteiger partial charge in [0.2, 0.25) is 5.91 Å². The fourth-order valence-corrected chi connectivity index (χ4v) is 3.62. The van der Waals surface area contributed by atoms with E-state index >= 15 is 0 Å². The van der Waals surface area contributed by atoms with Crippen molar-refractivity contribution in [2.75, 3.05) is 0 Å². The molecular formula is C22H27NO. The first-order valence-electron chi connectivity index (χ1n) is 9.00. The van der Waals surface area contributed by atoms with Gasteiger partial charge in [0.05, 0.1) is 12.5 Å². The fraction of sp³-hybridized carbons (Fsp3) is 0.409. The van der Waals surface area contributed by atoms with E-state index in [-0.39, 0.29) is 11.9 Å². The number of aryl methyl sites for hydroxylation is 4. The highest BCUT2D eigenvalue weighted by atomic mass is 16.1. The molecule has 24 heavy (non-hydrogen) atoms. The molecule has 0 fully saturated rings. The second kappa shape index (κ2) is 7.21. The van der Waals surface area contributed by atoms with Gasteiger partial charge in [0, 0.05) is 0 Å². The van der Waals surface area contributed by atoms with Gasteiger partial charge >= 0.3 is 0 Å². The summed E-state index contributed by atoms with van der Waals surface area (Å²) in [6.45, 7) is 6.22. The van der Waals surface area contributed by atoms with E-state index in [1.54, 1.807) is 0 Å². The minimum Gasteiger partial charge on any atom is -0.349 e. The maximum atomic E-state index is 12.4. The molecule has 0 spiro atoms. The Morgan fingerprint density at radius 1 is 1.04 bits per heavy atom. The lowest BCUT2D eigenvalue weighted by Crippen LogP contribution is -2.28. The van der Waals surface area contributed by atoms with Gasteiger partial charge in [-0.2, -0.15) is 0 Å². The molecule has 1 aliphatic carbocycles. The summed E-state index contributed by atoms with van der Waals surface area (Å²) in [5.41, 5.74) is 7.69. The average molecular weight is 321 g/mol. The van der Waals surface area contributed by atoms with Crippen molar-refractivity contribution in [2.45, 2.75) is 58.9 Å². The van der Waals surface area contributed by atoms with Gasteiger partial charge < -0.3 is 5.32 Å². The Morgan fingerprint density at radius 2 is 1.79 bits per heavy atom. The van der Waals surface area contributed by atoms with Crippen LogP contribution < -0.4 is 5.32 Å². The van der Waals surface area contributed by atoms with Crippen molar-refractivity contribution in [2.24, 2.45) is 0 Å². The van der Waals surface area contributed by atoms with Crippen molar-refractivity contribution in [1.29, 1.82) is 0 Å². The highest BCUT2D eigenvalue weighted by Crippen LogP contribution is 2.24. The Morgan fingerprint density at radius 3 is 2.54 bits per heavy atom. The van der Waals surface area contributed by atoms with Crippen LogP contribution in [0, 0.1) is 13.8 Å². The lowest BCUT2D eigenvalue weighted by Gasteiger charge is -2.20. The molecule has 0 saturated carbocycles. The number of rotatable bonds is 4. The van der Waals surface area contributed by atoms with E-state index in [1.165, 1.54) is 53.5 Å². The van der Waals surface area contributed by atoms with Crippen LogP contribution in [0.1, 0.15) is 59.2 Å². The Bertz CT molecular complexity index is 748. The average Bonchev–Trinajstić information content (AvgIpc) is 2.57. The first-order chi connectivity index (χ1) is 11.5. The topological polar surface area (TPSA) is 29.1 Å². The van der Waals surface area contributed by atoms with E-state index in [1.807, 2.05) is 0 Å². The zero-order valence-corrected chi connectivity index (χ0v) is 15.0. The van der Waals surface area contributed by atoms with Crippen LogP contribution >= 0.6 is 0 Å². The van der Waals surface area contributed by atoms with Crippen LogP contribution in [-0.2, 0) is 24.1 Å². The molecule has 0 saturated heterocycles. The maximum Gasteiger partial charge on any atom is 0.224 e. The number of hydrogen-bond donors (Lipinski definition) is 1. The number of nitrogens with one attached hydrogen (secondary N) is 1. The van der Waals surface area contributed by atoms with E-state index in [0.717, 1.165) is 5.56 Å². The molecule has 0 heterocycles. The lowest BCUT2D eigenvalue weighted by atomic mass is 9.89. The summed E-state index contributed by atoms with van der Waals surface area (Å²) in [6, 6.07) is 13.0. The quantitative estimate of drug-likeness (QED) is 0.876. The van der Waals surface area contributed by atoms with Gasteiger partial charge in [-0.1, -0.05) is 42.0 Å². The molecule has 2 aromatic carbocycles. The second-order valence-corrected chi connectivity index (χ2v) is 7.13. The van der Waals surface area contributed by atoms with Gasteiger partial charge in [-0.05, 0) is 74.3 Å². The molecule has 2 heteroatoms. The predicted octanol–water partition coefficient (Wildman–Crippen LogP) is 4.60. The molecule has 0 bridgehead atoms. The first kappa shape index (κ1) is 16.8. The third kappa shape index (κ3) is 3.87. The van der Waals surface area contributed by atoms with Gasteiger partial charge in [-0.25, -0.2) is 0 Å². The largest absolute Gasteiger partial charge is 0.349 e. The standard InChI is InChI=1S/C22H27NO/c1-15-8-9-19(16(2)12-15)14-22(24)23-17(3)20-11-10-18-6-4-5-7-21(18)13-20/h8-13,17H,4-7,14H2,1-3H3,(H,23,24)/t17-/m1/s1. The molecule has 0 aliphatic heterocycles. The van der Waals surface area contributed by atoms with Crippen LogP contribution in [0.15, 0.2) is 36.4 Å². The number of carbonyl (C=O) groups is 1. The van der Waals surface area contributed by atoms with Crippen LogP contribution in [0.2, 0.25) is 0 Å². The molecule has 1 atom stereocenters. The van der Waals surface area contributed by atoms with Crippen molar-refractivity contribution in [3.8, 4) is 0 Å². The molecule has 3 rings (SSSR count). The Kier molecular flexibility index (Phi) is 5.03. The lowest BCUT2D eigenvalue weighted by molar-refractivity contribution is -0.121. The third-order valence-corrected chi connectivity index (χ3v) is 5.10. The summed E-state index contributed by atoms with van der Waals surface area (Å²) < 4.78 is 0. The molecule has 126 valence electrons. The van der Waals surface area contributed by atoms with Gasteiger partial charge in [0.1, 0.15) is 0 Å². The maximum absolute atomic E-state index is 12.4. The SMILES string of the molecule is Cc1ccc(CC(=O)N[C@H](C)c2ccc3c(c2)CCCC3)c(C)c1. The fourth-order valence-electron chi connectivity index (χ4n) is 3.62. The summed E-state index contributed by atoms with van der Waals surface area (Å²) >= 11 is 0. The molecule has 1 aliphatic rings. The summed E-state index contributed by atoms with van der Waals surface area (Å²) in [5.74, 6) is 0.0900. The van der Waals surface area contributed by atoms with Gasteiger partial charge in [0.15, 0.2) is 0 Å². The van der Waals surface area contributed by atoms with E-state index in [4.69, 9.17) is 0 Å². The highest BCUT2D eigenvalue weighted by molar-refractivity contribution is 5.79. The molecule has 0 unspecified atom stereocenters. The van der Waals surface area contributed by atoms with E-state index < -0.39 is 0 Å². The first-order valence-corrected chi connectivity index (χ1v) is 9.00. The summed E-state index contributed by atoms with van der Waals surface area (Å²) in [5, 5.41) is 3.15. The number of benzene rings is 2. The Labute approximate surface area is 145 Å².